The van der Waals surface area contributed by atoms with Gasteiger partial charge in [0.15, 0.2) is 11.5 Å². The largest absolute Gasteiger partial charge is 0.449 e. The number of ether oxygens (including phenoxy) is 2. The van der Waals surface area contributed by atoms with Crippen LogP contribution in [0.5, 0.6) is 11.5 Å². The molecule has 1 aromatic carbocycles. The predicted octanol–water partition coefficient (Wildman–Crippen LogP) is 2.80. The maximum Gasteiger partial charge on any atom is 0.248 e. The van der Waals surface area contributed by atoms with E-state index >= 15 is 0 Å². The molecule has 6 nitrogen and oxygen atoms in total. The zero-order chi connectivity index (χ0) is 15.7. The number of anilines is 1. The van der Waals surface area contributed by atoms with Crippen LogP contribution in [0, 0.1) is 6.92 Å². The topological polar surface area (TPSA) is 76.2 Å². The highest BCUT2D eigenvalue weighted by Gasteiger charge is 2.34. The lowest BCUT2D eigenvalue weighted by molar-refractivity contribution is -0.115. The summed E-state index contributed by atoms with van der Waals surface area (Å²) in [4.78, 5) is 12.0. The lowest BCUT2D eigenvalue weighted by Gasteiger charge is -2.20. The number of carbonyl (C=O) groups is 1. The number of rotatable bonds is 4. The van der Waals surface area contributed by atoms with Gasteiger partial charge in [0.1, 0.15) is 0 Å². The van der Waals surface area contributed by atoms with Crippen molar-refractivity contribution in [2.75, 3.05) is 5.32 Å². The van der Waals surface area contributed by atoms with Gasteiger partial charge in [0, 0.05) is 30.8 Å². The minimum Gasteiger partial charge on any atom is -0.449 e. The summed E-state index contributed by atoms with van der Waals surface area (Å²) in [5.41, 5.74) is 2.33. The summed E-state index contributed by atoms with van der Waals surface area (Å²) in [5, 5.41) is 9.72. The van der Waals surface area contributed by atoms with Crippen LogP contribution in [0.3, 0.4) is 0 Å². The lowest BCUT2D eigenvalue weighted by Crippen LogP contribution is -2.33. The highest BCUT2D eigenvalue weighted by atomic mass is 16.7. The smallest absolute Gasteiger partial charge is 0.248 e. The van der Waals surface area contributed by atoms with Gasteiger partial charge in [0.25, 0.3) is 0 Å². The molecule has 1 aliphatic heterocycles. The quantitative estimate of drug-likeness (QED) is 0.910. The number of amides is 1. The van der Waals surface area contributed by atoms with Crippen LogP contribution < -0.4 is 14.8 Å². The highest BCUT2D eigenvalue weighted by molar-refractivity contribution is 5.92. The van der Waals surface area contributed by atoms with Gasteiger partial charge in [-0.3, -0.25) is 9.89 Å². The first-order valence-corrected chi connectivity index (χ1v) is 7.30. The highest BCUT2D eigenvalue weighted by Crippen LogP contribution is 2.41. The molecule has 1 aliphatic rings. The van der Waals surface area contributed by atoms with Crippen molar-refractivity contribution in [1.82, 2.24) is 10.2 Å². The predicted molar refractivity (Wildman–Crippen MR) is 82.1 cm³/mol. The number of hydrogen-bond donors (Lipinski definition) is 2. The fraction of sp³-hybridized carbons (Fsp3) is 0.375. The first kappa shape index (κ1) is 14.4. The summed E-state index contributed by atoms with van der Waals surface area (Å²) in [6.07, 6.45) is 0.966. The van der Waals surface area contributed by atoms with Crippen molar-refractivity contribution < 1.29 is 14.3 Å². The summed E-state index contributed by atoms with van der Waals surface area (Å²) < 4.78 is 11.5. The van der Waals surface area contributed by atoms with Gasteiger partial charge >= 0.3 is 0 Å². The van der Waals surface area contributed by atoms with Gasteiger partial charge in [-0.2, -0.15) is 5.10 Å². The van der Waals surface area contributed by atoms with Crippen molar-refractivity contribution in [3.63, 3.8) is 0 Å². The molecule has 22 heavy (non-hydrogen) atoms. The van der Waals surface area contributed by atoms with E-state index in [0.29, 0.717) is 22.9 Å². The van der Waals surface area contributed by atoms with Crippen LogP contribution >= 0.6 is 0 Å². The molecule has 0 unspecified atom stereocenters. The number of aryl methyl sites for hydroxylation is 1. The minimum atomic E-state index is -0.627. The molecule has 116 valence electrons. The van der Waals surface area contributed by atoms with Crippen LogP contribution in [-0.4, -0.2) is 21.9 Å². The number of aromatic amines is 1. The molecule has 2 heterocycles. The zero-order valence-corrected chi connectivity index (χ0v) is 12.9. The molecule has 1 aromatic heterocycles. The number of fused-ring (bicyclic) bond motifs is 1. The first-order valence-electron chi connectivity index (χ1n) is 7.30. The first-order chi connectivity index (χ1) is 10.5. The van der Waals surface area contributed by atoms with Gasteiger partial charge < -0.3 is 14.8 Å². The van der Waals surface area contributed by atoms with E-state index in [1.807, 2.05) is 32.9 Å². The van der Waals surface area contributed by atoms with Crippen LogP contribution in [0.1, 0.15) is 31.7 Å². The standard InChI is InChI=1S/C16H19N3O3/c1-4-16(3)21-13-6-5-11(8-14(13)22-16)17-15(20)9-12-7-10(2)18-19-12/h5-8H,4,9H2,1-3H3,(H,17,20)(H,18,19)/t16-/m0/s1. The molecule has 1 atom stereocenters. The van der Waals surface area contributed by atoms with E-state index in [-0.39, 0.29) is 12.3 Å². The Hall–Kier alpha value is -2.50. The van der Waals surface area contributed by atoms with Crippen molar-refractivity contribution in [1.29, 1.82) is 0 Å². The van der Waals surface area contributed by atoms with Crippen molar-refractivity contribution in [2.45, 2.75) is 39.4 Å². The molecule has 6 heteroatoms. The number of nitrogens with zero attached hydrogens (tertiary/aromatic N) is 1. The Bertz CT molecular complexity index is 710. The molecule has 0 saturated heterocycles. The Morgan fingerprint density at radius 2 is 2.09 bits per heavy atom. The second-order valence-electron chi connectivity index (χ2n) is 5.62. The van der Waals surface area contributed by atoms with Crippen molar-refractivity contribution in [2.24, 2.45) is 0 Å². The van der Waals surface area contributed by atoms with E-state index in [1.165, 1.54) is 0 Å². The van der Waals surface area contributed by atoms with Crippen LogP contribution in [0.2, 0.25) is 0 Å². The maximum absolute atomic E-state index is 12.0. The van der Waals surface area contributed by atoms with Gasteiger partial charge in [-0.15, -0.1) is 0 Å². The van der Waals surface area contributed by atoms with Gasteiger partial charge in [0.05, 0.1) is 12.1 Å². The monoisotopic (exact) mass is 301 g/mol. The van der Waals surface area contributed by atoms with Gasteiger partial charge in [-0.05, 0) is 25.1 Å². The third-order valence-corrected chi connectivity index (χ3v) is 3.62. The lowest BCUT2D eigenvalue weighted by atomic mass is 10.2. The van der Waals surface area contributed by atoms with E-state index in [0.717, 1.165) is 12.1 Å². The minimum absolute atomic E-state index is 0.122. The fourth-order valence-electron chi connectivity index (χ4n) is 2.31. The molecular weight excluding hydrogens is 282 g/mol. The van der Waals surface area contributed by atoms with Gasteiger partial charge in [0.2, 0.25) is 11.7 Å². The number of aromatic nitrogens is 2. The molecule has 0 aliphatic carbocycles. The molecule has 3 rings (SSSR count). The number of carbonyl (C=O) groups excluding carboxylic acids is 1. The van der Waals surface area contributed by atoms with Crippen LogP contribution in [0.15, 0.2) is 24.3 Å². The van der Waals surface area contributed by atoms with E-state index in [4.69, 9.17) is 9.47 Å². The van der Waals surface area contributed by atoms with Crippen LogP contribution in [-0.2, 0) is 11.2 Å². The average Bonchev–Trinajstić information content (AvgIpc) is 3.01. The summed E-state index contributed by atoms with van der Waals surface area (Å²) in [7, 11) is 0. The summed E-state index contributed by atoms with van der Waals surface area (Å²) in [6, 6.07) is 7.25. The van der Waals surface area contributed by atoms with Crippen LogP contribution in [0.25, 0.3) is 0 Å². The van der Waals surface area contributed by atoms with Gasteiger partial charge in [-0.1, -0.05) is 6.92 Å². The summed E-state index contributed by atoms with van der Waals surface area (Å²) in [5.74, 6) is 0.601. The van der Waals surface area contributed by atoms with Crippen molar-refractivity contribution in [3.05, 3.63) is 35.7 Å². The third kappa shape index (κ3) is 2.90. The maximum atomic E-state index is 12.0. The van der Waals surface area contributed by atoms with E-state index < -0.39 is 5.79 Å². The molecule has 0 bridgehead atoms. The second kappa shape index (κ2) is 5.36. The molecule has 2 aromatic rings. The Balaban J connectivity index is 1.67. The van der Waals surface area contributed by atoms with Gasteiger partial charge in [-0.25, -0.2) is 0 Å². The van der Waals surface area contributed by atoms with Crippen molar-refractivity contribution in [3.8, 4) is 11.5 Å². The molecule has 0 spiro atoms. The third-order valence-electron chi connectivity index (χ3n) is 3.62. The SMILES string of the molecule is CC[C@@]1(C)Oc2ccc(NC(=O)Cc3cc(C)[nH]n3)cc2O1. The number of hydrogen-bond acceptors (Lipinski definition) is 4. The van der Waals surface area contributed by atoms with E-state index in [9.17, 15) is 4.79 Å². The van der Waals surface area contributed by atoms with E-state index in [1.54, 1.807) is 12.1 Å². The number of H-pyrrole nitrogens is 1. The molecular formula is C16H19N3O3. The van der Waals surface area contributed by atoms with E-state index in [2.05, 4.69) is 15.5 Å². The molecule has 2 N–H and O–H groups in total. The Labute approximate surface area is 128 Å². The summed E-state index contributed by atoms with van der Waals surface area (Å²) >= 11 is 0. The Kier molecular flexibility index (Phi) is 3.52. The van der Waals surface area contributed by atoms with Crippen molar-refractivity contribution >= 4 is 11.6 Å². The fourth-order valence-corrected chi connectivity index (χ4v) is 2.31. The number of nitrogens with one attached hydrogen (secondary N) is 2. The Morgan fingerprint density at radius 3 is 2.77 bits per heavy atom. The zero-order valence-electron chi connectivity index (χ0n) is 12.9. The average molecular weight is 301 g/mol. The molecule has 1 amide bonds. The van der Waals surface area contributed by atoms with Crippen LogP contribution in [0.4, 0.5) is 5.69 Å². The molecule has 0 saturated carbocycles. The second-order valence-corrected chi connectivity index (χ2v) is 5.62. The molecule has 0 fully saturated rings. The number of benzene rings is 1. The normalized spacial score (nSPS) is 19.2. The Morgan fingerprint density at radius 1 is 1.32 bits per heavy atom. The molecule has 0 radical (unpaired) electrons. The summed E-state index contributed by atoms with van der Waals surface area (Å²) in [6.45, 7) is 5.79.